The summed E-state index contributed by atoms with van der Waals surface area (Å²) in [5.74, 6) is -1.48. The molecule has 1 aliphatic rings. The van der Waals surface area contributed by atoms with Gasteiger partial charge in [0.25, 0.3) is 0 Å². The van der Waals surface area contributed by atoms with Crippen LogP contribution in [0.15, 0.2) is 54.6 Å². The van der Waals surface area contributed by atoms with Gasteiger partial charge < -0.3 is 32.1 Å². The Morgan fingerprint density at radius 2 is 1.68 bits per heavy atom. The van der Waals surface area contributed by atoms with Crippen LogP contribution in [0.25, 0.3) is 0 Å². The Bertz CT molecular complexity index is 1060. The van der Waals surface area contributed by atoms with Crippen LogP contribution >= 0.6 is 0 Å². The lowest BCUT2D eigenvalue weighted by Crippen LogP contribution is -2.56. The molecule has 0 bridgehead atoms. The Balaban J connectivity index is 1.73. The number of nitrogens with two attached hydrogens (primary N) is 1. The maximum absolute atomic E-state index is 13.3. The number of rotatable bonds is 6. The third kappa shape index (κ3) is 9.23. The number of carbonyl (C=O) groups is 4. The Hall–Kier alpha value is -3.92. The molecule has 0 aromatic heterocycles. The molecular formula is C27H35N5O5. The van der Waals surface area contributed by atoms with Crippen LogP contribution in [0.4, 0.5) is 0 Å². The molecule has 0 unspecified atom stereocenters. The molecule has 3 atom stereocenters. The van der Waals surface area contributed by atoms with Gasteiger partial charge in [-0.2, -0.15) is 0 Å². The van der Waals surface area contributed by atoms with E-state index in [0.29, 0.717) is 32.2 Å². The zero-order chi connectivity index (χ0) is 26.6. The predicted octanol–water partition coefficient (Wildman–Crippen LogP) is 0.281. The van der Waals surface area contributed by atoms with Crippen LogP contribution in [0.2, 0.25) is 0 Å². The topological polar surface area (TPSA) is 163 Å². The number of hydrogen-bond donors (Lipinski definition) is 6. The van der Waals surface area contributed by atoms with Crippen LogP contribution in [0.5, 0.6) is 5.75 Å². The van der Waals surface area contributed by atoms with Gasteiger partial charge in [0.2, 0.25) is 23.6 Å². The van der Waals surface area contributed by atoms with Crippen LogP contribution in [-0.4, -0.2) is 60.0 Å². The quantitative estimate of drug-likeness (QED) is 0.328. The summed E-state index contributed by atoms with van der Waals surface area (Å²) in [6.07, 6.45) is 2.13. The van der Waals surface area contributed by atoms with Crippen molar-refractivity contribution in [1.29, 1.82) is 0 Å². The second-order valence-corrected chi connectivity index (χ2v) is 9.18. The van der Waals surface area contributed by atoms with Crippen molar-refractivity contribution >= 4 is 23.6 Å². The number of carbonyl (C=O) groups excluding carboxylic acids is 4. The van der Waals surface area contributed by atoms with Crippen molar-refractivity contribution in [2.24, 2.45) is 5.73 Å². The molecule has 2 aromatic carbocycles. The predicted molar refractivity (Wildman–Crippen MR) is 138 cm³/mol. The van der Waals surface area contributed by atoms with Gasteiger partial charge in [-0.3, -0.25) is 19.2 Å². The number of benzene rings is 2. The minimum absolute atomic E-state index is 0.0869. The molecule has 1 aliphatic heterocycles. The van der Waals surface area contributed by atoms with Crippen LogP contribution < -0.4 is 27.0 Å². The average Bonchev–Trinajstić information content (AvgIpc) is 2.88. The zero-order valence-corrected chi connectivity index (χ0v) is 20.7. The maximum Gasteiger partial charge on any atom is 0.243 e. The number of phenols is 1. The first-order valence-electron chi connectivity index (χ1n) is 12.5. The van der Waals surface area contributed by atoms with Gasteiger partial charge in [-0.25, -0.2) is 0 Å². The summed E-state index contributed by atoms with van der Waals surface area (Å²) in [6, 6.07) is 13.0. The third-order valence-corrected chi connectivity index (χ3v) is 6.17. The standard InChI is InChI=1S/C27H35N5O5/c28-21(16-18-6-2-1-3-7-18)25(35)31-22-8-4-5-14-29-24(34)13-15-30-26(36)23(32-27(22)37)17-19-9-11-20(33)12-10-19/h1-3,6-7,9-12,21-23,33H,4-5,8,13-17,28H2,(H,29,34)(H,30,36)(H,31,35)(H,32,37)/t21-,22+,23-/m0/s1. The fraction of sp³-hybridized carbons (Fsp3) is 0.407. The van der Waals surface area contributed by atoms with Crippen LogP contribution in [0.1, 0.15) is 36.8 Å². The summed E-state index contributed by atoms with van der Waals surface area (Å²) >= 11 is 0. The highest BCUT2D eigenvalue weighted by Gasteiger charge is 2.28. The molecule has 7 N–H and O–H groups in total. The van der Waals surface area contributed by atoms with Crippen LogP contribution in [0, 0.1) is 0 Å². The van der Waals surface area contributed by atoms with Crippen molar-refractivity contribution in [3.63, 3.8) is 0 Å². The lowest BCUT2D eigenvalue weighted by Gasteiger charge is -2.25. The molecule has 2 aromatic rings. The van der Waals surface area contributed by atoms with E-state index in [1.165, 1.54) is 12.1 Å². The Morgan fingerprint density at radius 3 is 2.41 bits per heavy atom. The molecule has 10 heteroatoms. The number of phenolic OH excluding ortho intramolecular Hbond substituents is 1. The first-order valence-corrected chi connectivity index (χ1v) is 12.5. The Labute approximate surface area is 216 Å². The summed E-state index contributed by atoms with van der Waals surface area (Å²) in [7, 11) is 0. The second kappa shape index (κ2) is 14.0. The molecule has 198 valence electrons. The van der Waals surface area contributed by atoms with Gasteiger partial charge in [0.1, 0.15) is 17.8 Å². The largest absolute Gasteiger partial charge is 0.508 e. The third-order valence-electron chi connectivity index (χ3n) is 6.17. The highest BCUT2D eigenvalue weighted by atomic mass is 16.3. The number of amides is 4. The first-order chi connectivity index (χ1) is 17.8. The molecule has 0 spiro atoms. The van der Waals surface area contributed by atoms with Crippen molar-refractivity contribution in [3.05, 3.63) is 65.7 Å². The molecule has 10 nitrogen and oxygen atoms in total. The first kappa shape index (κ1) is 27.7. The van der Waals surface area contributed by atoms with E-state index in [0.717, 1.165) is 11.1 Å². The highest BCUT2D eigenvalue weighted by Crippen LogP contribution is 2.12. The minimum Gasteiger partial charge on any atom is -0.508 e. The summed E-state index contributed by atoms with van der Waals surface area (Å²) in [5, 5.41) is 20.6. The van der Waals surface area contributed by atoms with Crippen molar-refractivity contribution in [2.45, 2.75) is 56.7 Å². The van der Waals surface area contributed by atoms with Crippen molar-refractivity contribution in [3.8, 4) is 5.75 Å². The molecule has 0 aliphatic carbocycles. The monoisotopic (exact) mass is 509 g/mol. The smallest absolute Gasteiger partial charge is 0.243 e. The SMILES string of the molecule is N[C@@H](Cc1ccccc1)C(=O)N[C@@H]1CCCCNC(=O)CCNC(=O)[C@H](Cc2ccc(O)cc2)NC1=O. The van der Waals surface area contributed by atoms with E-state index in [1.54, 1.807) is 12.1 Å². The van der Waals surface area contributed by atoms with Crippen molar-refractivity contribution < 1.29 is 24.3 Å². The molecule has 1 heterocycles. The maximum atomic E-state index is 13.3. The summed E-state index contributed by atoms with van der Waals surface area (Å²) in [5.41, 5.74) is 7.75. The van der Waals surface area contributed by atoms with Gasteiger partial charge in [-0.05, 0) is 48.9 Å². The van der Waals surface area contributed by atoms with Gasteiger partial charge in [-0.15, -0.1) is 0 Å². The number of aromatic hydroxyl groups is 1. The molecule has 37 heavy (non-hydrogen) atoms. The van der Waals surface area contributed by atoms with Gasteiger partial charge in [0.05, 0.1) is 6.04 Å². The summed E-state index contributed by atoms with van der Waals surface area (Å²) in [4.78, 5) is 51.1. The lowest BCUT2D eigenvalue weighted by molar-refractivity contribution is -0.132. The normalized spacial score (nSPS) is 20.5. The lowest BCUT2D eigenvalue weighted by atomic mass is 10.0. The molecule has 1 fully saturated rings. The molecule has 0 radical (unpaired) electrons. The number of nitrogens with one attached hydrogen (secondary N) is 4. The van der Waals surface area contributed by atoms with E-state index < -0.39 is 35.8 Å². The number of hydrogen-bond acceptors (Lipinski definition) is 6. The van der Waals surface area contributed by atoms with Gasteiger partial charge in [0, 0.05) is 25.9 Å². The molecule has 4 amide bonds. The average molecular weight is 510 g/mol. The summed E-state index contributed by atoms with van der Waals surface area (Å²) in [6.45, 7) is 0.563. The fourth-order valence-corrected chi connectivity index (χ4v) is 4.07. The van der Waals surface area contributed by atoms with Gasteiger partial charge in [0.15, 0.2) is 0 Å². The van der Waals surface area contributed by atoms with E-state index in [9.17, 15) is 24.3 Å². The Morgan fingerprint density at radius 1 is 0.946 bits per heavy atom. The van der Waals surface area contributed by atoms with Gasteiger partial charge in [-0.1, -0.05) is 42.5 Å². The zero-order valence-electron chi connectivity index (χ0n) is 20.7. The molecule has 0 saturated carbocycles. The van der Waals surface area contributed by atoms with E-state index in [2.05, 4.69) is 21.3 Å². The second-order valence-electron chi connectivity index (χ2n) is 9.18. The minimum atomic E-state index is -0.944. The summed E-state index contributed by atoms with van der Waals surface area (Å²) < 4.78 is 0. The Kier molecular flexibility index (Phi) is 10.5. The van der Waals surface area contributed by atoms with Crippen molar-refractivity contribution in [2.75, 3.05) is 13.1 Å². The van der Waals surface area contributed by atoms with E-state index in [-0.39, 0.29) is 31.0 Å². The highest BCUT2D eigenvalue weighted by molar-refractivity contribution is 5.93. The van der Waals surface area contributed by atoms with Crippen LogP contribution in [0.3, 0.4) is 0 Å². The van der Waals surface area contributed by atoms with Gasteiger partial charge >= 0.3 is 0 Å². The fourth-order valence-electron chi connectivity index (χ4n) is 4.07. The van der Waals surface area contributed by atoms with E-state index in [1.807, 2.05) is 30.3 Å². The van der Waals surface area contributed by atoms with Crippen molar-refractivity contribution in [1.82, 2.24) is 21.3 Å². The molecule has 1 saturated heterocycles. The molecular weight excluding hydrogens is 474 g/mol. The van der Waals surface area contributed by atoms with Crippen LogP contribution in [-0.2, 0) is 32.0 Å². The molecule has 3 rings (SSSR count). The van der Waals surface area contributed by atoms with E-state index >= 15 is 0 Å². The van der Waals surface area contributed by atoms with E-state index in [4.69, 9.17) is 5.73 Å².